The van der Waals surface area contributed by atoms with Crippen LogP contribution in [0.1, 0.15) is 31.3 Å². The van der Waals surface area contributed by atoms with E-state index in [1.54, 1.807) is 7.11 Å². The minimum Gasteiger partial charge on any atom is -0.497 e. The number of carbonyl (C=O) groups excluding carboxylic acids is 1. The van der Waals surface area contributed by atoms with Crippen LogP contribution in [-0.2, 0) is 0 Å². The standard InChI is InChI=1S/C29H27N3O3/c1-29(2,3)31-27(33)26-24-21-17-20(35-4)15-16-22(21)30-25(24)23(18-11-7-5-8-12-18)28(34)32(26)19-13-9-6-10-14-19/h5-17,30H,1-4H3,(H,31,33). The molecule has 5 rings (SSSR count). The van der Waals surface area contributed by atoms with Crippen molar-refractivity contribution in [3.63, 3.8) is 0 Å². The third-order valence-electron chi connectivity index (χ3n) is 5.91. The van der Waals surface area contributed by atoms with Crippen molar-refractivity contribution in [2.75, 3.05) is 7.11 Å². The lowest BCUT2D eigenvalue weighted by molar-refractivity contribution is 0.0913. The minimum absolute atomic E-state index is 0.271. The Morgan fingerprint density at radius 2 is 1.60 bits per heavy atom. The Hall–Kier alpha value is -4.32. The molecule has 0 saturated carbocycles. The van der Waals surface area contributed by atoms with Gasteiger partial charge in [-0.2, -0.15) is 0 Å². The van der Waals surface area contributed by atoms with Crippen molar-refractivity contribution in [2.24, 2.45) is 0 Å². The number of ether oxygens (including phenoxy) is 1. The number of nitrogens with zero attached hydrogens (tertiary/aromatic N) is 1. The number of carbonyl (C=O) groups is 1. The van der Waals surface area contributed by atoms with Crippen molar-refractivity contribution < 1.29 is 9.53 Å². The first-order valence-corrected chi connectivity index (χ1v) is 11.5. The number of aromatic nitrogens is 2. The van der Waals surface area contributed by atoms with Crippen molar-refractivity contribution in [1.82, 2.24) is 14.9 Å². The lowest BCUT2D eigenvalue weighted by atomic mass is 10.0. The molecule has 0 fully saturated rings. The molecule has 2 heterocycles. The van der Waals surface area contributed by atoms with Crippen LogP contribution in [0.3, 0.4) is 0 Å². The highest BCUT2D eigenvalue weighted by atomic mass is 16.5. The quantitative estimate of drug-likeness (QED) is 0.359. The predicted molar refractivity (Wildman–Crippen MR) is 141 cm³/mol. The molecule has 5 aromatic rings. The normalized spacial score (nSPS) is 11.7. The number of nitrogens with one attached hydrogen (secondary N) is 2. The van der Waals surface area contributed by atoms with E-state index in [1.807, 2.05) is 99.6 Å². The molecule has 176 valence electrons. The number of hydrogen-bond acceptors (Lipinski definition) is 3. The second kappa shape index (κ2) is 8.47. The van der Waals surface area contributed by atoms with E-state index >= 15 is 0 Å². The van der Waals surface area contributed by atoms with Gasteiger partial charge in [0.1, 0.15) is 11.4 Å². The Labute approximate surface area is 203 Å². The van der Waals surface area contributed by atoms with Gasteiger partial charge in [0, 0.05) is 27.5 Å². The average molecular weight is 466 g/mol. The summed E-state index contributed by atoms with van der Waals surface area (Å²) < 4.78 is 7.02. The first kappa shape index (κ1) is 22.5. The number of methoxy groups -OCH3 is 1. The van der Waals surface area contributed by atoms with Crippen molar-refractivity contribution in [3.8, 4) is 22.6 Å². The fraction of sp³-hybridized carbons (Fsp3) is 0.172. The number of rotatable bonds is 4. The smallest absolute Gasteiger partial charge is 0.269 e. The van der Waals surface area contributed by atoms with Crippen LogP contribution < -0.4 is 15.6 Å². The molecule has 3 aromatic carbocycles. The molecule has 0 aliphatic carbocycles. The molecule has 0 aliphatic rings. The summed E-state index contributed by atoms with van der Waals surface area (Å²) in [6.45, 7) is 5.76. The molecule has 0 atom stereocenters. The lowest BCUT2D eigenvalue weighted by Gasteiger charge is -2.23. The van der Waals surface area contributed by atoms with E-state index in [4.69, 9.17) is 4.74 Å². The summed E-state index contributed by atoms with van der Waals surface area (Å²) >= 11 is 0. The molecule has 35 heavy (non-hydrogen) atoms. The number of fused-ring (bicyclic) bond motifs is 3. The van der Waals surface area contributed by atoms with Crippen molar-refractivity contribution in [1.29, 1.82) is 0 Å². The van der Waals surface area contributed by atoms with Crippen LogP contribution in [0.25, 0.3) is 38.6 Å². The summed E-state index contributed by atoms with van der Waals surface area (Å²) in [5.74, 6) is 0.339. The van der Waals surface area contributed by atoms with Gasteiger partial charge in [0.25, 0.3) is 11.5 Å². The van der Waals surface area contributed by atoms with Crippen LogP contribution in [0.2, 0.25) is 0 Å². The number of para-hydroxylation sites is 1. The Bertz CT molecular complexity index is 1610. The van der Waals surface area contributed by atoms with Gasteiger partial charge in [0.05, 0.1) is 18.2 Å². The molecule has 0 saturated heterocycles. The van der Waals surface area contributed by atoms with E-state index in [1.165, 1.54) is 4.57 Å². The van der Waals surface area contributed by atoms with Gasteiger partial charge in [-0.1, -0.05) is 48.5 Å². The van der Waals surface area contributed by atoms with E-state index in [2.05, 4.69) is 10.3 Å². The summed E-state index contributed by atoms with van der Waals surface area (Å²) in [5, 5.41) is 4.54. The Morgan fingerprint density at radius 3 is 2.23 bits per heavy atom. The van der Waals surface area contributed by atoms with Gasteiger partial charge in [-0.3, -0.25) is 14.2 Å². The average Bonchev–Trinajstić information content (AvgIpc) is 3.21. The summed E-state index contributed by atoms with van der Waals surface area (Å²) in [5.41, 5.74) is 2.85. The van der Waals surface area contributed by atoms with E-state index in [9.17, 15) is 9.59 Å². The van der Waals surface area contributed by atoms with Gasteiger partial charge in [-0.05, 0) is 56.7 Å². The minimum atomic E-state index is -0.497. The summed E-state index contributed by atoms with van der Waals surface area (Å²) in [7, 11) is 1.61. The summed E-state index contributed by atoms with van der Waals surface area (Å²) in [6, 6.07) is 24.5. The second-order valence-electron chi connectivity index (χ2n) is 9.56. The predicted octanol–water partition coefficient (Wildman–Crippen LogP) is 5.68. The molecule has 6 heteroatoms. The van der Waals surface area contributed by atoms with Gasteiger partial charge in [0.15, 0.2) is 0 Å². The van der Waals surface area contributed by atoms with Gasteiger partial charge in [0.2, 0.25) is 0 Å². The Morgan fingerprint density at radius 1 is 0.943 bits per heavy atom. The maximum Gasteiger partial charge on any atom is 0.269 e. The maximum absolute atomic E-state index is 14.2. The highest BCUT2D eigenvalue weighted by molar-refractivity contribution is 6.20. The number of hydrogen-bond donors (Lipinski definition) is 2. The number of aromatic amines is 1. The van der Waals surface area contributed by atoms with E-state index < -0.39 is 5.54 Å². The highest BCUT2D eigenvalue weighted by Crippen LogP contribution is 2.36. The van der Waals surface area contributed by atoms with Gasteiger partial charge >= 0.3 is 0 Å². The number of amides is 1. The molecule has 1 amide bonds. The van der Waals surface area contributed by atoms with E-state index in [0.29, 0.717) is 27.9 Å². The van der Waals surface area contributed by atoms with Crippen molar-refractivity contribution >= 4 is 27.7 Å². The SMILES string of the molecule is COc1ccc2[nH]c3c(-c4ccccc4)c(=O)n(-c4ccccc4)c(C(=O)NC(C)(C)C)c3c2c1. The first-order chi connectivity index (χ1) is 16.8. The van der Waals surface area contributed by atoms with Crippen molar-refractivity contribution in [3.05, 3.63) is 94.9 Å². The number of benzene rings is 3. The molecule has 0 bridgehead atoms. The van der Waals surface area contributed by atoms with Crippen LogP contribution >= 0.6 is 0 Å². The van der Waals surface area contributed by atoms with E-state index in [0.717, 1.165) is 16.5 Å². The van der Waals surface area contributed by atoms with Crippen LogP contribution in [0, 0.1) is 0 Å². The highest BCUT2D eigenvalue weighted by Gasteiger charge is 2.28. The lowest BCUT2D eigenvalue weighted by Crippen LogP contribution is -2.43. The molecular weight excluding hydrogens is 438 g/mol. The largest absolute Gasteiger partial charge is 0.497 e. The Balaban J connectivity index is 2.02. The molecule has 2 N–H and O–H groups in total. The monoisotopic (exact) mass is 465 g/mol. The molecule has 6 nitrogen and oxygen atoms in total. The molecule has 0 radical (unpaired) electrons. The van der Waals surface area contributed by atoms with Gasteiger partial charge in [-0.25, -0.2) is 0 Å². The first-order valence-electron chi connectivity index (χ1n) is 11.5. The zero-order valence-corrected chi connectivity index (χ0v) is 20.2. The Kier molecular flexibility index (Phi) is 5.44. The van der Waals surface area contributed by atoms with Crippen LogP contribution in [-0.4, -0.2) is 28.1 Å². The molecule has 0 spiro atoms. The van der Waals surface area contributed by atoms with Crippen LogP contribution in [0.15, 0.2) is 83.7 Å². The summed E-state index contributed by atoms with van der Waals surface area (Å²) in [6.07, 6.45) is 0. The van der Waals surface area contributed by atoms with Gasteiger partial charge < -0.3 is 15.0 Å². The van der Waals surface area contributed by atoms with Crippen LogP contribution in [0.4, 0.5) is 0 Å². The van der Waals surface area contributed by atoms with E-state index in [-0.39, 0.29) is 17.2 Å². The third-order valence-corrected chi connectivity index (χ3v) is 5.91. The van der Waals surface area contributed by atoms with Crippen molar-refractivity contribution in [2.45, 2.75) is 26.3 Å². The molecule has 0 aliphatic heterocycles. The molecule has 2 aromatic heterocycles. The molecular formula is C29H27N3O3. The summed E-state index contributed by atoms with van der Waals surface area (Å²) in [4.78, 5) is 31.5. The zero-order chi connectivity index (χ0) is 24.7. The fourth-order valence-corrected chi connectivity index (χ4v) is 4.47. The second-order valence-corrected chi connectivity index (χ2v) is 9.56. The fourth-order valence-electron chi connectivity index (χ4n) is 4.47. The topological polar surface area (TPSA) is 76.1 Å². The maximum atomic E-state index is 14.2. The van der Waals surface area contributed by atoms with Crippen LogP contribution in [0.5, 0.6) is 5.75 Å². The number of H-pyrrole nitrogens is 1. The zero-order valence-electron chi connectivity index (χ0n) is 20.2. The van der Waals surface area contributed by atoms with Gasteiger partial charge in [-0.15, -0.1) is 0 Å². The number of pyridine rings is 1. The third kappa shape index (κ3) is 3.97. The molecule has 0 unspecified atom stereocenters.